The second-order valence-electron chi connectivity index (χ2n) is 17.4. The second kappa shape index (κ2) is 14.6. The molecule has 6 N–H and O–H groups in total. The summed E-state index contributed by atoms with van der Waals surface area (Å²) in [6.45, 7) is 5.54. The fourth-order valence-corrected chi connectivity index (χ4v) is 11.5. The number of thiocarbonyl (C=S) groups is 1. The highest BCUT2D eigenvalue weighted by Crippen LogP contribution is 2.65. The van der Waals surface area contributed by atoms with Crippen LogP contribution in [0.5, 0.6) is 23.0 Å². The normalized spacial score (nSPS) is 29.0. The molecule has 9 rings (SSSR count). The monoisotopic (exact) mass is 806 g/mol. The molecule has 58 heavy (non-hydrogen) atoms. The smallest absolute Gasteiger partial charge is 0.340 e. The highest BCUT2D eigenvalue weighted by atomic mass is 32.1. The van der Waals surface area contributed by atoms with Gasteiger partial charge in [-0.25, -0.2) is 4.79 Å². The second-order valence-corrected chi connectivity index (χ2v) is 17.8. The van der Waals surface area contributed by atoms with Gasteiger partial charge in [0.2, 0.25) is 0 Å². The third-order valence-corrected chi connectivity index (χ3v) is 14.5. The Morgan fingerprint density at radius 2 is 1.62 bits per heavy atom. The van der Waals surface area contributed by atoms with E-state index in [9.17, 15) is 24.9 Å². The van der Waals surface area contributed by atoms with Crippen LogP contribution in [0.3, 0.4) is 0 Å². The first-order valence-electron chi connectivity index (χ1n) is 20.5. The molecule has 3 aromatic rings. The number of carbonyl (C=O) groups excluding carboxylic acids is 2. The molecular formula is C45H50N4O8S. The number of amides is 1. The summed E-state index contributed by atoms with van der Waals surface area (Å²) in [6, 6.07) is 14.5. The highest BCUT2D eigenvalue weighted by molar-refractivity contribution is 7.80. The zero-order valence-corrected chi connectivity index (χ0v) is 33.6. The lowest BCUT2D eigenvalue weighted by Gasteiger charge is -2.57. The van der Waals surface area contributed by atoms with Gasteiger partial charge in [0, 0.05) is 47.6 Å². The maximum atomic E-state index is 13.4. The number of rotatable bonds is 8. The first-order chi connectivity index (χ1) is 27.9. The molecule has 4 aliphatic carbocycles. The molecule has 304 valence electrons. The van der Waals surface area contributed by atoms with E-state index >= 15 is 0 Å². The Hall–Kier alpha value is -5.14. The summed E-state index contributed by atoms with van der Waals surface area (Å²) < 4.78 is 12.2. The van der Waals surface area contributed by atoms with E-state index < -0.39 is 11.6 Å². The van der Waals surface area contributed by atoms with E-state index in [0.717, 1.165) is 44.2 Å². The van der Waals surface area contributed by atoms with Crippen molar-refractivity contribution < 1.29 is 39.2 Å². The summed E-state index contributed by atoms with van der Waals surface area (Å²) in [7, 11) is 0. The van der Waals surface area contributed by atoms with Crippen LogP contribution in [0.2, 0.25) is 0 Å². The summed E-state index contributed by atoms with van der Waals surface area (Å²) >= 11 is 5.52. The molecular weight excluding hydrogens is 757 g/mol. The van der Waals surface area contributed by atoms with Gasteiger partial charge in [0.15, 0.2) is 17.3 Å². The number of aromatic hydroxyl groups is 2. The van der Waals surface area contributed by atoms with Crippen molar-refractivity contribution in [3.63, 3.8) is 0 Å². The summed E-state index contributed by atoms with van der Waals surface area (Å²) in [5.74, 6) is 1.79. The lowest BCUT2D eigenvalue weighted by Crippen LogP contribution is -2.51. The molecule has 0 saturated heterocycles. The highest BCUT2D eigenvalue weighted by Gasteiger charge is 2.59. The quantitative estimate of drug-likeness (QED) is 0.0591. The van der Waals surface area contributed by atoms with E-state index in [4.69, 9.17) is 26.5 Å². The number of hydrogen-bond acceptors (Lipinski definition) is 10. The molecule has 1 spiro atoms. The summed E-state index contributed by atoms with van der Waals surface area (Å²) in [4.78, 5) is 31.5. The minimum absolute atomic E-state index is 0.0130. The van der Waals surface area contributed by atoms with Crippen LogP contribution in [0.15, 0.2) is 71.4 Å². The maximum Gasteiger partial charge on any atom is 0.340 e. The fraction of sp³-hybridized carbons (Fsp3) is 0.467. The van der Waals surface area contributed by atoms with Gasteiger partial charge in [-0.15, -0.1) is 0 Å². The number of phenols is 2. The van der Waals surface area contributed by atoms with E-state index in [1.54, 1.807) is 30.3 Å². The zero-order valence-electron chi connectivity index (χ0n) is 32.8. The van der Waals surface area contributed by atoms with Gasteiger partial charge < -0.3 is 45.6 Å². The molecule has 1 amide bonds. The topological polar surface area (TPSA) is 171 Å². The Balaban J connectivity index is 0.741. The Morgan fingerprint density at radius 3 is 2.38 bits per heavy atom. The lowest BCUT2D eigenvalue weighted by atomic mass is 9.47. The molecule has 2 heterocycles. The number of aliphatic hydroxyl groups is 1. The van der Waals surface area contributed by atoms with Crippen LogP contribution >= 0.6 is 12.2 Å². The predicted octanol–water partition coefficient (Wildman–Crippen LogP) is 7.15. The number of aliphatic hydroxyl groups excluding tert-OH is 1. The fourth-order valence-electron chi connectivity index (χ4n) is 11.3. The minimum Gasteiger partial charge on any atom is -0.508 e. The third-order valence-electron chi connectivity index (χ3n) is 14.3. The Bertz CT molecular complexity index is 2210. The SMILES string of the molecule is C[C@]12CC/C(=N/OCC(=O)NCCCNC(=S)Nc3ccc4c(c3)C(=O)OC43c4ccc(O)cc4Oc4cc(O)ccc43)C=C1CCC1C2CC[C@@]2(C)C1CC[C@@H]2O. The van der Waals surface area contributed by atoms with E-state index in [1.165, 1.54) is 42.7 Å². The van der Waals surface area contributed by atoms with Crippen molar-refractivity contribution in [2.45, 2.75) is 83.3 Å². The van der Waals surface area contributed by atoms with Gasteiger partial charge in [0.1, 0.15) is 23.0 Å². The molecule has 3 unspecified atom stereocenters. The predicted molar refractivity (Wildman–Crippen MR) is 221 cm³/mol. The number of nitrogens with zero attached hydrogens (tertiary/aromatic N) is 1. The summed E-state index contributed by atoms with van der Waals surface area (Å²) in [5, 5.41) is 44.9. The number of phenolic OH excluding ortho intramolecular Hbond substituents is 2. The molecule has 3 saturated carbocycles. The molecule has 6 atom stereocenters. The van der Waals surface area contributed by atoms with Crippen molar-refractivity contribution in [2.24, 2.45) is 33.7 Å². The Kier molecular flexibility index (Phi) is 9.66. The maximum absolute atomic E-state index is 13.4. The van der Waals surface area contributed by atoms with Crippen molar-refractivity contribution in [3.05, 3.63) is 88.5 Å². The van der Waals surface area contributed by atoms with Gasteiger partial charge in [0.05, 0.1) is 17.4 Å². The average Bonchev–Trinajstić information content (AvgIpc) is 3.66. The van der Waals surface area contributed by atoms with Gasteiger partial charge in [0.25, 0.3) is 5.91 Å². The van der Waals surface area contributed by atoms with Crippen molar-refractivity contribution in [1.82, 2.24) is 10.6 Å². The number of fused-ring (bicyclic) bond motifs is 11. The van der Waals surface area contributed by atoms with E-state index in [0.29, 0.717) is 81.8 Å². The first kappa shape index (κ1) is 38.4. The number of benzene rings is 3. The van der Waals surface area contributed by atoms with Crippen LogP contribution in [0.1, 0.15) is 98.7 Å². The van der Waals surface area contributed by atoms with Crippen LogP contribution in [0, 0.1) is 28.6 Å². The van der Waals surface area contributed by atoms with Crippen LogP contribution in [-0.4, -0.2) is 63.8 Å². The Morgan fingerprint density at radius 1 is 0.897 bits per heavy atom. The molecule has 3 aromatic carbocycles. The van der Waals surface area contributed by atoms with Crippen molar-refractivity contribution in [2.75, 3.05) is 25.0 Å². The van der Waals surface area contributed by atoms with Crippen molar-refractivity contribution in [1.29, 1.82) is 0 Å². The Labute approximate surface area is 343 Å². The van der Waals surface area contributed by atoms with Crippen LogP contribution in [-0.2, 0) is 20.0 Å². The standard InChI is InChI=1S/C45H50N4O8S/c1-43-16-14-27(20-25(43)4-8-30-32-12-13-39(52)44(32,2)17-15-33(30)43)49-55-24-40(53)46-18-3-19-47-42(58)48-26-5-9-34-31(21-26)41(54)57-45(34)35-10-6-28(50)22-37(35)56-38-23-29(51)7-11-36(38)45/h5-7,9-11,20-23,30,32-33,39,50-52H,3-4,8,12-19,24H2,1-2H3,(H,46,53)(H2,47,48,58)/b49-27-/t30?,32?,33?,39-,43-,44-/m0/s1. The van der Waals surface area contributed by atoms with Gasteiger partial charge in [-0.1, -0.05) is 30.6 Å². The number of ether oxygens (including phenoxy) is 2. The minimum atomic E-state index is -1.34. The lowest BCUT2D eigenvalue weighted by molar-refractivity contribution is -0.125. The van der Waals surface area contributed by atoms with E-state index in [-0.39, 0.29) is 40.9 Å². The molecule has 0 radical (unpaired) electrons. The number of anilines is 1. The molecule has 0 bridgehead atoms. The number of carbonyl (C=O) groups is 2. The largest absolute Gasteiger partial charge is 0.508 e. The molecule has 6 aliphatic rings. The molecule has 3 fully saturated rings. The van der Waals surface area contributed by atoms with Gasteiger partial charge >= 0.3 is 5.97 Å². The van der Waals surface area contributed by atoms with Gasteiger partial charge in [-0.2, -0.15) is 0 Å². The number of allylic oxidation sites excluding steroid dienone is 2. The molecule has 2 aliphatic heterocycles. The number of hydrogen-bond donors (Lipinski definition) is 6. The molecule has 12 nitrogen and oxygen atoms in total. The summed E-state index contributed by atoms with van der Waals surface area (Å²) in [5.41, 5.74) is 3.90. The van der Waals surface area contributed by atoms with E-state index in [1.807, 2.05) is 0 Å². The van der Waals surface area contributed by atoms with Crippen molar-refractivity contribution in [3.8, 4) is 23.0 Å². The summed E-state index contributed by atoms with van der Waals surface area (Å²) in [6.07, 6.45) is 11.2. The third kappa shape index (κ3) is 6.37. The van der Waals surface area contributed by atoms with Gasteiger partial charge in [-0.3, -0.25) is 4.79 Å². The number of esters is 1. The van der Waals surface area contributed by atoms with E-state index in [2.05, 4.69) is 41.0 Å². The van der Waals surface area contributed by atoms with Gasteiger partial charge in [-0.05, 0) is 141 Å². The van der Waals surface area contributed by atoms with Crippen LogP contribution < -0.4 is 20.7 Å². The first-order valence-corrected chi connectivity index (χ1v) is 20.9. The van der Waals surface area contributed by atoms with Crippen LogP contribution in [0.25, 0.3) is 0 Å². The molecule has 13 heteroatoms. The zero-order chi connectivity index (χ0) is 40.4. The average molecular weight is 807 g/mol. The molecule has 0 aromatic heterocycles. The van der Waals surface area contributed by atoms with Crippen LogP contribution in [0.4, 0.5) is 5.69 Å². The number of oxime groups is 1. The number of nitrogens with one attached hydrogen (secondary N) is 3. The van der Waals surface area contributed by atoms with Crippen molar-refractivity contribution >= 4 is 40.6 Å².